The predicted molar refractivity (Wildman–Crippen MR) is 172 cm³/mol. The lowest BCUT2D eigenvalue weighted by Crippen LogP contribution is -2.33. The van der Waals surface area contributed by atoms with Gasteiger partial charge in [-0.2, -0.15) is 0 Å². The molecule has 2 aliphatic rings. The standard InChI is InChI=1S/C33H30ClN3O4S2/c1-18-5-13-22(14-6-18)35-24(38)17-36-31-28(43-32(36)41)25(19-7-9-20(10-8-19)33(2,3)4)26-27(42-31)30(40)37(29(26)39)23-15-11-21(34)12-16-23/h5-16,25-27H,17H2,1-4H3,(H,35,38)/t25-,26?,27?/m1/s1. The third-order valence-electron chi connectivity index (χ3n) is 7.91. The second kappa shape index (κ2) is 11.1. The number of aromatic nitrogens is 1. The van der Waals surface area contributed by atoms with Crippen LogP contribution in [0.2, 0.25) is 5.02 Å². The van der Waals surface area contributed by atoms with Crippen LogP contribution in [-0.2, 0) is 26.3 Å². The van der Waals surface area contributed by atoms with E-state index in [1.54, 1.807) is 24.3 Å². The van der Waals surface area contributed by atoms with Gasteiger partial charge in [0.05, 0.1) is 16.6 Å². The van der Waals surface area contributed by atoms with Crippen LogP contribution in [0.1, 0.15) is 48.3 Å². The molecule has 43 heavy (non-hydrogen) atoms. The lowest BCUT2D eigenvalue weighted by Gasteiger charge is -2.31. The van der Waals surface area contributed by atoms with E-state index in [4.69, 9.17) is 11.6 Å². The maximum atomic E-state index is 14.1. The van der Waals surface area contributed by atoms with E-state index in [9.17, 15) is 19.2 Å². The van der Waals surface area contributed by atoms with E-state index >= 15 is 0 Å². The van der Waals surface area contributed by atoms with Gasteiger partial charge in [-0.3, -0.25) is 23.7 Å². The topological polar surface area (TPSA) is 88.5 Å². The number of aryl methyl sites for hydroxylation is 1. The molecule has 0 radical (unpaired) electrons. The zero-order valence-electron chi connectivity index (χ0n) is 24.1. The summed E-state index contributed by atoms with van der Waals surface area (Å²) in [6, 6.07) is 22.1. The quantitative estimate of drug-likeness (QED) is 0.251. The molecule has 1 fully saturated rings. The third kappa shape index (κ3) is 5.46. The summed E-state index contributed by atoms with van der Waals surface area (Å²) >= 11 is 8.32. The Hall–Kier alpha value is -3.66. The van der Waals surface area contributed by atoms with Crippen LogP contribution in [0.5, 0.6) is 0 Å². The van der Waals surface area contributed by atoms with Gasteiger partial charge in [-0.25, -0.2) is 4.90 Å². The van der Waals surface area contributed by atoms with Gasteiger partial charge in [0.2, 0.25) is 17.7 Å². The summed E-state index contributed by atoms with van der Waals surface area (Å²) in [6.45, 7) is 8.14. The highest BCUT2D eigenvalue weighted by molar-refractivity contribution is 8.00. The van der Waals surface area contributed by atoms with Crippen molar-refractivity contribution in [1.29, 1.82) is 0 Å². The Bertz CT molecular complexity index is 1790. The number of hydrogen-bond donors (Lipinski definition) is 1. The number of thiazole rings is 1. The SMILES string of the molecule is Cc1ccc(NC(=O)Cn2c3c(sc2=O)[C@H](c2ccc(C(C)(C)C)cc2)C2C(=O)N(c4ccc(Cl)cc4)C(=O)C2S3)cc1. The van der Waals surface area contributed by atoms with Crippen molar-refractivity contribution in [2.45, 2.75) is 55.8 Å². The molecule has 220 valence electrons. The van der Waals surface area contributed by atoms with Gasteiger partial charge < -0.3 is 5.32 Å². The van der Waals surface area contributed by atoms with Gasteiger partial charge in [-0.15, -0.1) is 0 Å². The van der Waals surface area contributed by atoms with E-state index in [-0.39, 0.29) is 34.6 Å². The van der Waals surface area contributed by atoms with Crippen LogP contribution in [0.3, 0.4) is 0 Å². The molecule has 0 bridgehead atoms. The minimum Gasteiger partial charge on any atom is -0.325 e. The normalized spacial score (nSPS) is 19.7. The van der Waals surface area contributed by atoms with Crippen molar-refractivity contribution in [2.24, 2.45) is 5.92 Å². The van der Waals surface area contributed by atoms with Gasteiger partial charge in [0, 0.05) is 21.5 Å². The Morgan fingerprint density at radius 1 is 0.907 bits per heavy atom. The molecule has 3 atom stereocenters. The molecule has 3 aromatic carbocycles. The van der Waals surface area contributed by atoms with Crippen molar-refractivity contribution < 1.29 is 14.4 Å². The van der Waals surface area contributed by atoms with Crippen LogP contribution in [0.25, 0.3) is 0 Å². The Labute approximate surface area is 262 Å². The number of nitrogens with zero attached hydrogens (tertiary/aromatic N) is 2. The highest BCUT2D eigenvalue weighted by Crippen LogP contribution is 2.54. The average Bonchev–Trinajstić information content (AvgIpc) is 3.40. The van der Waals surface area contributed by atoms with Crippen molar-refractivity contribution in [3.05, 3.63) is 109 Å². The molecule has 0 aliphatic carbocycles. The Morgan fingerprint density at radius 2 is 1.56 bits per heavy atom. The molecule has 2 unspecified atom stereocenters. The van der Waals surface area contributed by atoms with Gasteiger partial charge in [-0.05, 0) is 59.9 Å². The lowest BCUT2D eigenvalue weighted by molar-refractivity contribution is -0.122. The van der Waals surface area contributed by atoms with Crippen LogP contribution >= 0.6 is 34.7 Å². The summed E-state index contributed by atoms with van der Waals surface area (Å²) < 4.78 is 1.43. The molecule has 1 saturated heterocycles. The fraction of sp³-hybridized carbons (Fsp3) is 0.273. The molecule has 6 rings (SSSR count). The summed E-state index contributed by atoms with van der Waals surface area (Å²) in [5.41, 5.74) is 4.06. The molecule has 4 aromatic rings. The number of rotatable bonds is 5. The number of carbonyl (C=O) groups is 3. The molecule has 2 aliphatic heterocycles. The van der Waals surface area contributed by atoms with E-state index in [1.807, 2.05) is 55.5 Å². The number of nitrogens with one attached hydrogen (secondary N) is 1. The summed E-state index contributed by atoms with van der Waals surface area (Å²) in [5, 5.41) is 3.15. The van der Waals surface area contributed by atoms with Crippen molar-refractivity contribution in [3.63, 3.8) is 0 Å². The zero-order valence-corrected chi connectivity index (χ0v) is 26.5. The molecule has 3 heterocycles. The molecule has 0 spiro atoms. The van der Waals surface area contributed by atoms with Crippen LogP contribution in [0.4, 0.5) is 11.4 Å². The predicted octanol–water partition coefficient (Wildman–Crippen LogP) is 6.60. The van der Waals surface area contributed by atoms with Crippen LogP contribution in [-0.4, -0.2) is 27.5 Å². The highest BCUT2D eigenvalue weighted by Gasteiger charge is 2.56. The Balaban J connectivity index is 1.41. The van der Waals surface area contributed by atoms with Gasteiger partial charge in [0.25, 0.3) is 0 Å². The average molecular weight is 632 g/mol. The maximum Gasteiger partial charge on any atom is 0.308 e. The van der Waals surface area contributed by atoms with Gasteiger partial charge in [0.15, 0.2) is 0 Å². The minimum atomic E-state index is -0.761. The lowest BCUT2D eigenvalue weighted by atomic mass is 9.81. The van der Waals surface area contributed by atoms with E-state index in [1.165, 1.54) is 21.2 Å². The third-order valence-corrected chi connectivity index (χ3v) is 10.8. The molecule has 7 nitrogen and oxygen atoms in total. The second-order valence-corrected chi connectivity index (χ2v) is 14.5. The van der Waals surface area contributed by atoms with Crippen LogP contribution in [0.15, 0.2) is 82.6 Å². The van der Waals surface area contributed by atoms with Crippen molar-refractivity contribution in [1.82, 2.24) is 4.57 Å². The van der Waals surface area contributed by atoms with Gasteiger partial charge >= 0.3 is 4.87 Å². The maximum absolute atomic E-state index is 14.1. The number of halogens is 1. The highest BCUT2D eigenvalue weighted by atomic mass is 35.5. The number of amides is 3. The largest absolute Gasteiger partial charge is 0.325 e. The zero-order chi connectivity index (χ0) is 30.6. The summed E-state index contributed by atoms with van der Waals surface area (Å²) in [4.78, 5) is 56.1. The molecule has 1 aromatic heterocycles. The second-order valence-electron chi connectivity index (χ2n) is 11.9. The van der Waals surface area contributed by atoms with E-state index < -0.39 is 17.1 Å². The Kier molecular flexibility index (Phi) is 7.61. The fourth-order valence-electron chi connectivity index (χ4n) is 5.63. The molecular weight excluding hydrogens is 602 g/mol. The van der Waals surface area contributed by atoms with Crippen LogP contribution in [0, 0.1) is 12.8 Å². The number of carbonyl (C=O) groups excluding carboxylic acids is 3. The van der Waals surface area contributed by atoms with E-state index in [0.29, 0.717) is 26.3 Å². The van der Waals surface area contributed by atoms with Crippen molar-refractivity contribution in [3.8, 4) is 0 Å². The molecule has 0 saturated carbocycles. The first-order valence-electron chi connectivity index (χ1n) is 13.9. The number of imide groups is 1. The van der Waals surface area contributed by atoms with Crippen LogP contribution < -0.4 is 15.1 Å². The van der Waals surface area contributed by atoms with Crippen molar-refractivity contribution in [2.75, 3.05) is 10.2 Å². The van der Waals surface area contributed by atoms with E-state index in [0.717, 1.165) is 28.0 Å². The first-order chi connectivity index (χ1) is 20.4. The van der Waals surface area contributed by atoms with Crippen molar-refractivity contribution >= 4 is 63.8 Å². The summed E-state index contributed by atoms with van der Waals surface area (Å²) in [7, 11) is 0. The molecule has 1 N–H and O–H groups in total. The molecule has 3 amide bonds. The first kappa shape index (κ1) is 29.4. The fourth-order valence-corrected chi connectivity index (χ4v) is 8.53. The monoisotopic (exact) mass is 631 g/mol. The number of thioether (sulfide) groups is 1. The number of benzene rings is 3. The molecule has 10 heteroatoms. The van der Waals surface area contributed by atoms with Gasteiger partial charge in [0.1, 0.15) is 11.8 Å². The summed E-state index contributed by atoms with van der Waals surface area (Å²) in [6.07, 6.45) is 0. The Morgan fingerprint density at radius 3 is 2.19 bits per heavy atom. The molecular formula is C33H30ClN3O4S2. The minimum absolute atomic E-state index is 0.0713. The number of anilines is 2. The number of fused-ring (bicyclic) bond motifs is 2. The number of hydrogen-bond acceptors (Lipinski definition) is 6. The smallest absolute Gasteiger partial charge is 0.308 e. The first-order valence-corrected chi connectivity index (χ1v) is 16.0. The summed E-state index contributed by atoms with van der Waals surface area (Å²) in [5.74, 6) is -2.25. The van der Waals surface area contributed by atoms with Gasteiger partial charge in [-0.1, -0.05) is 97.4 Å². The van der Waals surface area contributed by atoms with E-state index in [2.05, 4.69) is 26.1 Å².